The molecule has 35 heavy (non-hydrogen) atoms. The standard InChI is InChI=1S/C21H32P.C10H15.2ClH.Ti/c1-3-5-7-11-15-22(16-12-8-6-4-2)21-17-19-13-9-10-14-20(19)18-21;1-7-6-10(4,5)9(3)8(7)2;;;/h9-10,13-14,17-18H,3-8,11-12,15-16H2,1-2H3;1-5H3;2*1H;/q2*-1;;;+2/p-2. The van der Waals surface area contributed by atoms with Gasteiger partial charge >= 0.3 is 35.6 Å². The molecule has 0 aromatic heterocycles. The Morgan fingerprint density at radius 2 is 1.43 bits per heavy atom. The van der Waals surface area contributed by atoms with Crippen LogP contribution in [0.2, 0.25) is 0 Å². The predicted octanol–water partition coefficient (Wildman–Crippen LogP) is 11.3. The minimum absolute atomic E-state index is 0.0642. The van der Waals surface area contributed by atoms with Gasteiger partial charge in [-0.05, 0) is 25.2 Å². The molecule has 0 saturated heterocycles. The Bertz CT molecular complexity index is 865. The third-order valence-corrected chi connectivity index (χ3v) is 9.79. The van der Waals surface area contributed by atoms with E-state index in [1.807, 2.05) is 0 Å². The zero-order chi connectivity index (χ0) is 26.3. The molecule has 2 aromatic carbocycles. The van der Waals surface area contributed by atoms with E-state index in [0.29, 0.717) is 0 Å². The van der Waals surface area contributed by atoms with Crippen LogP contribution in [-0.2, 0) is 17.0 Å². The molecule has 0 fully saturated rings. The molecular formula is C31H47Cl2PTi-2. The quantitative estimate of drug-likeness (QED) is 0.109. The molecule has 2 aromatic rings. The fourth-order valence-corrected chi connectivity index (χ4v) is 7.15. The summed E-state index contributed by atoms with van der Waals surface area (Å²) in [4.78, 5) is 0. The van der Waals surface area contributed by atoms with E-state index in [1.165, 1.54) is 91.2 Å². The molecule has 0 bridgehead atoms. The normalized spacial score (nSPS) is 14.4. The first kappa shape index (κ1) is 33.1. The monoisotopic (exact) mass is 568 g/mol. The Morgan fingerprint density at radius 1 is 0.886 bits per heavy atom. The van der Waals surface area contributed by atoms with Crippen LogP contribution in [0.15, 0.2) is 53.1 Å². The molecule has 0 unspecified atom stereocenters. The van der Waals surface area contributed by atoms with Crippen molar-refractivity contribution in [3.8, 4) is 0 Å². The number of hydrogen-bond acceptors (Lipinski definition) is 0. The molecule has 0 N–H and O–H groups in total. The van der Waals surface area contributed by atoms with E-state index in [2.05, 4.69) is 90.9 Å². The molecule has 0 spiro atoms. The number of hydrogen-bond donors (Lipinski definition) is 0. The summed E-state index contributed by atoms with van der Waals surface area (Å²) in [6, 6.07) is 13.8. The first-order valence-electron chi connectivity index (χ1n) is 13.4. The van der Waals surface area contributed by atoms with Crippen LogP contribution in [0.4, 0.5) is 0 Å². The summed E-state index contributed by atoms with van der Waals surface area (Å²) in [5.74, 6) is 0. The van der Waals surface area contributed by atoms with Gasteiger partial charge in [-0.15, -0.1) is 47.3 Å². The van der Waals surface area contributed by atoms with Gasteiger partial charge in [-0.2, -0.15) is 17.2 Å². The maximum absolute atomic E-state index is 4.89. The van der Waals surface area contributed by atoms with Crippen molar-refractivity contribution in [2.75, 3.05) is 12.3 Å². The Hall–Kier alpha value is 0.0343. The summed E-state index contributed by atoms with van der Waals surface area (Å²) in [7, 11) is 9.84. The van der Waals surface area contributed by atoms with Crippen LogP contribution in [0.3, 0.4) is 0 Å². The fraction of sp³-hybridized carbons (Fsp3) is 0.581. The third kappa shape index (κ3) is 12.0. The van der Waals surface area contributed by atoms with Crippen molar-refractivity contribution in [1.82, 2.24) is 0 Å². The molecular weight excluding hydrogens is 522 g/mol. The van der Waals surface area contributed by atoms with E-state index in [4.69, 9.17) is 18.6 Å². The molecule has 1 aliphatic rings. The first-order chi connectivity index (χ1) is 16.7. The van der Waals surface area contributed by atoms with Crippen LogP contribution >= 0.6 is 26.5 Å². The van der Waals surface area contributed by atoms with Crippen LogP contribution in [0.1, 0.15) is 99.8 Å². The fourth-order valence-electron chi connectivity index (χ4n) is 4.55. The van der Waals surface area contributed by atoms with Gasteiger partial charge < -0.3 is 0 Å². The van der Waals surface area contributed by atoms with Gasteiger partial charge in [-0.1, -0.05) is 99.5 Å². The van der Waals surface area contributed by atoms with E-state index in [-0.39, 0.29) is 13.3 Å². The second kappa shape index (κ2) is 18.3. The summed E-state index contributed by atoms with van der Waals surface area (Å²) >= 11 is -0.556. The van der Waals surface area contributed by atoms with E-state index < -0.39 is 17.0 Å². The topological polar surface area (TPSA) is 0 Å². The molecule has 0 saturated carbocycles. The van der Waals surface area contributed by atoms with Crippen LogP contribution < -0.4 is 5.30 Å². The Balaban J connectivity index is 0.000000391. The molecule has 196 valence electrons. The number of fused-ring (bicyclic) bond motifs is 1. The second-order valence-corrected chi connectivity index (χ2v) is 15.2. The van der Waals surface area contributed by atoms with Crippen molar-refractivity contribution < 1.29 is 17.0 Å². The number of unbranched alkanes of at least 4 members (excludes halogenated alkanes) is 6. The summed E-state index contributed by atoms with van der Waals surface area (Å²) in [6.45, 7) is 15.5. The molecule has 0 amide bonds. The number of halogens is 2. The van der Waals surface area contributed by atoms with Gasteiger partial charge in [0.1, 0.15) is 0 Å². The average molecular weight is 569 g/mol. The van der Waals surface area contributed by atoms with Crippen molar-refractivity contribution in [1.29, 1.82) is 0 Å². The summed E-state index contributed by atoms with van der Waals surface area (Å²) < 4.78 is 0. The SMILES string of the molecule is CC1=[C-]C(C)(C)C(C)=C1C.CCCCCCP(CCCCCC)c1cc2ccccc2[cH-]1.[Cl][Ti][Cl]. The van der Waals surface area contributed by atoms with Gasteiger partial charge in [0.15, 0.2) is 0 Å². The van der Waals surface area contributed by atoms with Gasteiger partial charge in [0, 0.05) is 0 Å². The zero-order valence-corrected chi connectivity index (χ0v) is 27.2. The van der Waals surface area contributed by atoms with Crippen LogP contribution in [0.5, 0.6) is 0 Å². The molecule has 1 aliphatic carbocycles. The van der Waals surface area contributed by atoms with Gasteiger partial charge in [0.25, 0.3) is 0 Å². The van der Waals surface area contributed by atoms with E-state index in [9.17, 15) is 0 Å². The summed E-state index contributed by atoms with van der Waals surface area (Å²) in [6.07, 6.45) is 17.5. The average Bonchev–Trinajstić information content (AvgIpc) is 3.33. The number of rotatable bonds is 11. The van der Waals surface area contributed by atoms with Gasteiger partial charge in [0.2, 0.25) is 0 Å². The van der Waals surface area contributed by atoms with Crippen molar-refractivity contribution in [2.24, 2.45) is 5.41 Å². The van der Waals surface area contributed by atoms with Crippen molar-refractivity contribution in [2.45, 2.75) is 99.8 Å². The van der Waals surface area contributed by atoms with Crippen molar-refractivity contribution >= 4 is 42.6 Å². The minimum atomic E-state index is -0.556. The van der Waals surface area contributed by atoms with Crippen LogP contribution in [0.25, 0.3) is 10.8 Å². The Morgan fingerprint density at radius 3 is 1.83 bits per heavy atom. The summed E-state index contributed by atoms with van der Waals surface area (Å²) in [5.41, 5.74) is 4.39. The first-order valence-corrected chi connectivity index (χ1v) is 19.4. The molecule has 0 heterocycles. The molecule has 0 atom stereocenters. The molecule has 0 nitrogen and oxygen atoms in total. The second-order valence-electron chi connectivity index (χ2n) is 10.1. The van der Waals surface area contributed by atoms with E-state index in [1.54, 1.807) is 5.30 Å². The predicted molar refractivity (Wildman–Crippen MR) is 160 cm³/mol. The van der Waals surface area contributed by atoms with Crippen molar-refractivity contribution in [3.63, 3.8) is 0 Å². The summed E-state index contributed by atoms with van der Waals surface area (Å²) in [5, 5.41) is 4.53. The molecule has 0 radical (unpaired) electrons. The zero-order valence-electron chi connectivity index (χ0n) is 23.2. The number of benzene rings is 1. The Labute approximate surface area is 235 Å². The van der Waals surface area contributed by atoms with Crippen molar-refractivity contribution in [3.05, 3.63) is 59.2 Å². The third-order valence-electron chi connectivity index (χ3n) is 7.09. The Kier molecular flexibility index (Phi) is 17.3. The van der Waals surface area contributed by atoms with E-state index >= 15 is 0 Å². The number of allylic oxidation sites excluding steroid dienone is 4. The van der Waals surface area contributed by atoms with Crippen LogP contribution in [0, 0.1) is 11.5 Å². The van der Waals surface area contributed by atoms with Gasteiger partial charge in [-0.3, -0.25) is 6.08 Å². The van der Waals surface area contributed by atoms with Gasteiger partial charge in [-0.25, -0.2) is 5.57 Å². The molecule has 0 aliphatic heterocycles. The van der Waals surface area contributed by atoms with Gasteiger partial charge in [0.05, 0.1) is 0 Å². The molecule has 4 heteroatoms. The van der Waals surface area contributed by atoms with Crippen LogP contribution in [-0.4, -0.2) is 12.3 Å². The molecule has 3 rings (SSSR count). The maximum atomic E-state index is 4.89. The van der Waals surface area contributed by atoms with E-state index in [0.717, 1.165) is 0 Å².